The molecule has 0 fully saturated rings. The van der Waals surface area contributed by atoms with E-state index in [0.29, 0.717) is 0 Å². The average Bonchev–Trinajstić information content (AvgIpc) is 2.44. The van der Waals surface area contributed by atoms with Crippen LogP contribution in [0.25, 0.3) is 5.57 Å². The fraction of sp³-hybridized carbons (Fsp3) is 0.294. The maximum absolute atomic E-state index is 3.70. The van der Waals surface area contributed by atoms with Crippen molar-refractivity contribution in [1.29, 1.82) is 0 Å². The first-order chi connectivity index (χ1) is 8.38. The fourth-order valence-electron chi connectivity index (χ4n) is 1.19. The molecule has 0 N–H and O–H groups in total. The summed E-state index contributed by atoms with van der Waals surface area (Å²) in [5.74, 6) is 0. The Morgan fingerprint density at radius 1 is 1.00 bits per heavy atom. The number of hydrogen-bond donors (Lipinski definition) is 0. The topological polar surface area (TPSA) is 0 Å². The highest BCUT2D eigenvalue weighted by atomic mass is 14.0. The van der Waals surface area contributed by atoms with Gasteiger partial charge in [-0.3, -0.25) is 0 Å². The zero-order chi connectivity index (χ0) is 13.5. The van der Waals surface area contributed by atoms with Gasteiger partial charge in [0, 0.05) is 0 Å². The molecule has 0 saturated heterocycles. The van der Waals surface area contributed by atoms with E-state index >= 15 is 0 Å². The van der Waals surface area contributed by atoms with Gasteiger partial charge in [-0.2, -0.15) is 0 Å². The Bertz CT molecular complexity index is 315. The number of rotatable bonds is 3. The van der Waals surface area contributed by atoms with Crippen LogP contribution in [0.4, 0.5) is 0 Å². The Morgan fingerprint density at radius 2 is 1.53 bits per heavy atom. The largest absolute Gasteiger partial charge is 0.0990 e. The summed E-state index contributed by atoms with van der Waals surface area (Å²) in [7, 11) is 0. The molecule has 0 atom stereocenters. The number of benzene rings is 1. The predicted octanol–water partition coefficient (Wildman–Crippen LogP) is 5.88. The molecule has 0 saturated carbocycles. The van der Waals surface area contributed by atoms with E-state index < -0.39 is 0 Å². The highest BCUT2D eigenvalue weighted by molar-refractivity contribution is 5.74. The van der Waals surface area contributed by atoms with Crippen molar-refractivity contribution in [3.05, 3.63) is 66.8 Å². The van der Waals surface area contributed by atoms with Crippen LogP contribution in [0.5, 0.6) is 0 Å². The molecule has 0 spiro atoms. The van der Waals surface area contributed by atoms with E-state index in [1.165, 1.54) is 11.1 Å². The quantitative estimate of drug-likeness (QED) is 0.568. The number of hydrogen-bond acceptors (Lipinski definition) is 0. The summed E-state index contributed by atoms with van der Waals surface area (Å²) >= 11 is 0. The molecule has 1 rings (SSSR count). The summed E-state index contributed by atoms with van der Waals surface area (Å²) in [4.78, 5) is 0. The smallest absolute Gasteiger partial charge is 0.0184 e. The minimum Gasteiger partial charge on any atom is -0.0990 e. The molecule has 0 aromatic heterocycles. The Hall–Kier alpha value is -1.56. The first-order valence-electron chi connectivity index (χ1n) is 6.39. The molecule has 0 bridgehead atoms. The van der Waals surface area contributed by atoms with Crippen molar-refractivity contribution in [2.45, 2.75) is 34.6 Å². The maximum Gasteiger partial charge on any atom is -0.0184 e. The molecule has 0 radical (unpaired) electrons. The lowest BCUT2D eigenvalue weighted by atomic mass is 10.1. The lowest BCUT2D eigenvalue weighted by molar-refractivity contribution is 1.50. The van der Waals surface area contributed by atoms with Gasteiger partial charge in [0.15, 0.2) is 0 Å². The van der Waals surface area contributed by atoms with Crippen LogP contribution in [0.15, 0.2) is 61.2 Å². The van der Waals surface area contributed by atoms with Gasteiger partial charge in [-0.05, 0) is 18.1 Å². The molecule has 0 amide bonds. The number of allylic oxidation sites excluding steroid dienone is 5. The van der Waals surface area contributed by atoms with Crippen molar-refractivity contribution in [2.75, 3.05) is 0 Å². The van der Waals surface area contributed by atoms with E-state index in [1.54, 1.807) is 0 Å². The van der Waals surface area contributed by atoms with Crippen molar-refractivity contribution >= 4 is 5.57 Å². The Morgan fingerprint density at radius 3 is 1.94 bits per heavy atom. The molecule has 17 heavy (non-hydrogen) atoms. The van der Waals surface area contributed by atoms with Gasteiger partial charge in [0.2, 0.25) is 0 Å². The van der Waals surface area contributed by atoms with E-state index in [2.05, 4.69) is 24.8 Å². The van der Waals surface area contributed by atoms with Crippen LogP contribution >= 0.6 is 0 Å². The summed E-state index contributed by atoms with van der Waals surface area (Å²) in [5.41, 5.74) is 2.42. The van der Waals surface area contributed by atoms with Crippen molar-refractivity contribution in [2.24, 2.45) is 0 Å². The van der Waals surface area contributed by atoms with E-state index in [0.717, 1.165) is 0 Å². The molecule has 0 nitrogen and oxygen atoms in total. The van der Waals surface area contributed by atoms with Crippen molar-refractivity contribution in [3.63, 3.8) is 0 Å². The van der Waals surface area contributed by atoms with Crippen LogP contribution < -0.4 is 0 Å². The van der Waals surface area contributed by atoms with Gasteiger partial charge in [0.1, 0.15) is 0 Å². The van der Waals surface area contributed by atoms with Gasteiger partial charge in [-0.15, -0.1) is 0 Å². The van der Waals surface area contributed by atoms with Crippen molar-refractivity contribution < 1.29 is 0 Å². The van der Waals surface area contributed by atoms with Crippen LogP contribution in [0.3, 0.4) is 0 Å². The third-order valence-corrected chi connectivity index (χ3v) is 1.75. The first kappa shape index (κ1) is 17.8. The van der Waals surface area contributed by atoms with Crippen LogP contribution in [0.2, 0.25) is 0 Å². The molecule has 0 aliphatic heterocycles. The molecule has 0 aliphatic carbocycles. The minimum absolute atomic E-state index is 1.19. The SMILES string of the molecule is C=C/C=C(\C=C/C)c1ccccc1.CC.CC. The molecule has 1 aromatic rings. The second-order valence-corrected chi connectivity index (χ2v) is 2.72. The Labute approximate surface area is 107 Å². The van der Waals surface area contributed by atoms with Crippen molar-refractivity contribution in [3.8, 4) is 0 Å². The summed E-state index contributed by atoms with van der Waals surface area (Å²) in [6.07, 6.45) is 7.93. The maximum atomic E-state index is 3.70. The van der Waals surface area contributed by atoms with Crippen molar-refractivity contribution in [1.82, 2.24) is 0 Å². The highest BCUT2D eigenvalue weighted by Crippen LogP contribution is 2.15. The monoisotopic (exact) mass is 230 g/mol. The third-order valence-electron chi connectivity index (χ3n) is 1.75. The van der Waals surface area contributed by atoms with Crippen LogP contribution in [0, 0.1) is 0 Å². The molecule has 94 valence electrons. The zero-order valence-electron chi connectivity index (χ0n) is 11.9. The predicted molar refractivity (Wildman–Crippen MR) is 82.1 cm³/mol. The van der Waals surface area contributed by atoms with E-state index in [-0.39, 0.29) is 0 Å². The van der Waals surface area contributed by atoms with Gasteiger partial charge in [-0.1, -0.05) is 88.9 Å². The van der Waals surface area contributed by atoms with Gasteiger partial charge in [0.05, 0.1) is 0 Å². The standard InChI is InChI=1S/C13H14.2C2H6/c1-3-8-12(9-4-2)13-10-6-5-7-11-13;2*1-2/h3-11H,1H2,2H3;2*1-2H3/b9-4-,12-8+;;. The molecule has 0 heterocycles. The van der Waals surface area contributed by atoms with Gasteiger partial charge < -0.3 is 0 Å². The van der Waals surface area contributed by atoms with Crippen LogP contribution in [0.1, 0.15) is 40.2 Å². The summed E-state index contributed by atoms with van der Waals surface area (Å²) in [5, 5.41) is 0. The van der Waals surface area contributed by atoms with Crippen LogP contribution in [-0.2, 0) is 0 Å². The second-order valence-electron chi connectivity index (χ2n) is 2.72. The minimum atomic E-state index is 1.19. The molecule has 1 aromatic carbocycles. The molecule has 0 heteroatoms. The van der Waals surface area contributed by atoms with Crippen LogP contribution in [-0.4, -0.2) is 0 Å². The lowest BCUT2D eigenvalue weighted by Gasteiger charge is -1.99. The first-order valence-corrected chi connectivity index (χ1v) is 6.39. The molecule has 0 aliphatic rings. The molecular formula is C17H26. The Kier molecular flexibility index (Phi) is 15.1. The van der Waals surface area contributed by atoms with Gasteiger partial charge in [-0.25, -0.2) is 0 Å². The Balaban J connectivity index is 0. The summed E-state index contributed by atoms with van der Waals surface area (Å²) in [6.45, 7) is 13.7. The van der Waals surface area contributed by atoms with Gasteiger partial charge >= 0.3 is 0 Å². The third kappa shape index (κ3) is 8.27. The fourth-order valence-corrected chi connectivity index (χ4v) is 1.19. The van der Waals surface area contributed by atoms with E-state index in [1.807, 2.05) is 71.0 Å². The van der Waals surface area contributed by atoms with Gasteiger partial charge in [0.25, 0.3) is 0 Å². The highest BCUT2D eigenvalue weighted by Gasteiger charge is 1.93. The second kappa shape index (κ2) is 14.4. The summed E-state index contributed by atoms with van der Waals surface area (Å²) in [6, 6.07) is 10.3. The van der Waals surface area contributed by atoms with E-state index in [9.17, 15) is 0 Å². The average molecular weight is 230 g/mol. The molecule has 0 unspecified atom stereocenters. The normalized spacial score (nSPS) is 9.82. The van der Waals surface area contributed by atoms with E-state index in [4.69, 9.17) is 0 Å². The zero-order valence-corrected chi connectivity index (χ0v) is 11.9. The summed E-state index contributed by atoms with van der Waals surface area (Å²) < 4.78 is 0. The molecular weight excluding hydrogens is 204 g/mol. The lowest BCUT2D eigenvalue weighted by Crippen LogP contribution is -1.78.